The highest BCUT2D eigenvalue weighted by Crippen LogP contribution is 2.35. The van der Waals surface area contributed by atoms with Gasteiger partial charge in [-0.25, -0.2) is 9.78 Å². The summed E-state index contributed by atoms with van der Waals surface area (Å²) in [6.45, 7) is 1.88. The van der Waals surface area contributed by atoms with Crippen molar-refractivity contribution in [2.45, 2.75) is 25.8 Å². The molecule has 8 nitrogen and oxygen atoms in total. The number of carbonyl (C=O) groups is 3. The van der Waals surface area contributed by atoms with Gasteiger partial charge in [-0.15, -0.1) is 0 Å². The number of carbonyl (C=O) groups excluding carboxylic acids is 3. The standard InChI is InChI=1S/C27H28Cl2N4O4S/c1-18(16-34)31(2)27(36)32(15-19-11-13-38(37)14-12-19)26-24(17-35)33(21-9-7-20(28)8-10-21)25(30-26)22-5-3-4-6-23(22)29/h3-10,16-19H,11-15H2,1-2H3/t18-,19?,38?/m0/s1. The Morgan fingerprint density at radius 2 is 1.79 bits per heavy atom. The monoisotopic (exact) mass is 574 g/mol. The van der Waals surface area contributed by atoms with E-state index in [0.717, 1.165) is 0 Å². The molecule has 0 radical (unpaired) electrons. The average molecular weight is 576 g/mol. The summed E-state index contributed by atoms with van der Waals surface area (Å²) in [6, 6.07) is 12.9. The molecule has 2 amide bonds. The van der Waals surface area contributed by atoms with Gasteiger partial charge in [0, 0.05) is 52.2 Å². The molecule has 0 aliphatic carbocycles. The molecule has 3 aromatic rings. The van der Waals surface area contributed by atoms with Gasteiger partial charge < -0.3 is 9.69 Å². The molecule has 38 heavy (non-hydrogen) atoms. The lowest BCUT2D eigenvalue weighted by Gasteiger charge is -2.32. The molecule has 0 unspecified atom stereocenters. The van der Waals surface area contributed by atoms with Gasteiger partial charge in [0.1, 0.15) is 17.8 Å². The first kappa shape index (κ1) is 28.0. The summed E-state index contributed by atoms with van der Waals surface area (Å²) in [5, 5.41) is 0.952. The summed E-state index contributed by atoms with van der Waals surface area (Å²) in [6.07, 6.45) is 2.70. The van der Waals surface area contributed by atoms with Gasteiger partial charge in [-0.1, -0.05) is 35.3 Å². The number of halogens is 2. The Morgan fingerprint density at radius 3 is 2.39 bits per heavy atom. The van der Waals surface area contributed by atoms with Gasteiger partial charge in [0.2, 0.25) is 0 Å². The highest BCUT2D eigenvalue weighted by Gasteiger charge is 2.33. The molecule has 2 aromatic carbocycles. The van der Waals surface area contributed by atoms with E-state index in [9.17, 15) is 18.6 Å². The second-order valence-electron chi connectivity index (χ2n) is 9.23. The van der Waals surface area contributed by atoms with Crippen molar-refractivity contribution in [2.24, 2.45) is 5.92 Å². The third kappa shape index (κ3) is 5.85. The fourth-order valence-electron chi connectivity index (χ4n) is 4.39. The van der Waals surface area contributed by atoms with E-state index >= 15 is 0 Å². The highest BCUT2D eigenvalue weighted by atomic mass is 35.5. The number of hydrogen-bond donors (Lipinski definition) is 0. The molecule has 11 heteroatoms. The van der Waals surface area contributed by atoms with Gasteiger partial charge in [-0.05, 0) is 62.1 Å². The molecular formula is C27H28Cl2N4O4S. The van der Waals surface area contributed by atoms with E-state index in [1.807, 2.05) is 6.07 Å². The highest BCUT2D eigenvalue weighted by molar-refractivity contribution is 7.85. The smallest absolute Gasteiger partial charge is 0.318 e. The quantitative estimate of drug-likeness (QED) is 0.342. The second kappa shape index (κ2) is 12.2. The van der Waals surface area contributed by atoms with E-state index in [4.69, 9.17) is 28.2 Å². The van der Waals surface area contributed by atoms with Crippen LogP contribution in [0.3, 0.4) is 0 Å². The number of imidazole rings is 1. The maximum Gasteiger partial charge on any atom is 0.326 e. The number of nitrogens with zero attached hydrogens (tertiary/aromatic N) is 4. The second-order valence-corrected chi connectivity index (χ2v) is 11.8. The van der Waals surface area contributed by atoms with Crippen LogP contribution in [-0.4, -0.2) is 68.4 Å². The van der Waals surface area contributed by atoms with Gasteiger partial charge in [-0.3, -0.25) is 18.5 Å². The third-order valence-corrected chi connectivity index (χ3v) is 8.71. The first-order valence-electron chi connectivity index (χ1n) is 12.2. The van der Waals surface area contributed by atoms with Crippen LogP contribution in [0.15, 0.2) is 48.5 Å². The maximum absolute atomic E-state index is 13.8. The van der Waals surface area contributed by atoms with E-state index in [1.54, 1.807) is 54.0 Å². The van der Waals surface area contributed by atoms with Crippen LogP contribution in [0, 0.1) is 5.92 Å². The number of anilines is 1. The number of amides is 2. The Kier molecular flexibility index (Phi) is 9.02. The topological polar surface area (TPSA) is 92.6 Å². The fraction of sp³-hybridized carbons (Fsp3) is 0.333. The van der Waals surface area contributed by atoms with Crippen molar-refractivity contribution < 1.29 is 18.6 Å². The van der Waals surface area contributed by atoms with Crippen molar-refractivity contribution in [3.05, 3.63) is 64.3 Å². The van der Waals surface area contributed by atoms with E-state index in [1.165, 1.54) is 16.8 Å². The minimum atomic E-state index is -0.870. The van der Waals surface area contributed by atoms with Crippen LogP contribution in [0.1, 0.15) is 30.3 Å². The third-order valence-electron chi connectivity index (χ3n) is 6.75. The molecule has 1 aromatic heterocycles. The van der Waals surface area contributed by atoms with Gasteiger partial charge in [0.25, 0.3) is 0 Å². The number of rotatable bonds is 8. The van der Waals surface area contributed by atoms with Crippen LogP contribution in [0.25, 0.3) is 17.1 Å². The Hall–Kier alpha value is -3.01. The summed E-state index contributed by atoms with van der Waals surface area (Å²) < 4.78 is 13.6. The minimum absolute atomic E-state index is 0.0561. The molecule has 2 heterocycles. The predicted molar refractivity (Wildman–Crippen MR) is 151 cm³/mol. The molecular weight excluding hydrogens is 547 g/mol. The molecule has 200 valence electrons. The van der Waals surface area contributed by atoms with Crippen LogP contribution in [0.2, 0.25) is 10.0 Å². The molecule has 0 bridgehead atoms. The lowest BCUT2D eigenvalue weighted by Crippen LogP contribution is -2.48. The lowest BCUT2D eigenvalue weighted by atomic mass is 10.0. The number of benzene rings is 2. The van der Waals surface area contributed by atoms with Crippen molar-refractivity contribution in [1.82, 2.24) is 14.5 Å². The normalized spacial score (nSPS) is 18.0. The Bertz CT molecular complexity index is 1350. The Morgan fingerprint density at radius 1 is 1.13 bits per heavy atom. The summed E-state index contributed by atoms with van der Waals surface area (Å²) >= 11 is 12.7. The Balaban J connectivity index is 1.92. The first-order valence-corrected chi connectivity index (χ1v) is 14.4. The number of likely N-dealkylation sites (N-methyl/N-ethyl adjacent to an activating group) is 1. The van der Waals surface area contributed by atoms with Crippen LogP contribution in [0.5, 0.6) is 0 Å². The summed E-state index contributed by atoms with van der Waals surface area (Å²) in [4.78, 5) is 45.6. The molecule has 1 atom stereocenters. The van der Waals surface area contributed by atoms with Crippen molar-refractivity contribution in [2.75, 3.05) is 30.0 Å². The summed E-state index contributed by atoms with van der Waals surface area (Å²) in [7, 11) is 0.668. The molecule has 1 fully saturated rings. The van der Waals surface area contributed by atoms with Gasteiger partial charge in [0.15, 0.2) is 12.1 Å². The van der Waals surface area contributed by atoms with Gasteiger partial charge in [-0.2, -0.15) is 0 Å². The molecule has 1 aliphatic rings. The van der Waals surface area contributed by atoms with Gasteiger partial charge in [0.05, 0.1) is 11.1 Å². The zero-order valence-electron chi connectivity index (χ0n) is 21.0. The molecule has 0 spiro atoms. The van der Waals surface area contributed by atoms with Crippen LogP contribution < -0.4 is 4.90 Å². The van der Waals surface area contributed by atoms with E-state index in [0.29, 0.717) is 64.0 Å². The molecule has 4 rings (SSSR count). The molecule has 0 N–H and O–H groups in total. The molecule has 0 saturated carbocycles. The van der Waals surface area contributed by atoms with E-state index in [-0.39, 0.29) is 24.0 Å². The molecule has 1 aliphatic heterocycles. The lowest BCUT2D eigenvalue weighted by molar-refractivity contribution is -0.110. The zero-order valence-corrected chi connectivity index (χ0v) is 23.4. The zero-order chi connectivity index (χ0) is 27.4. The Labute approximate surface area is 234 Å². The van der Waals surface area contributed by atoms with Crippen molar-refractivity contribution in [3.8, 4) is 17.1 Å². The van der Waals surface area contributed by atoms with E-state index in [2.05, 4.69) is 0 Å². The first-order chi connectivity index (χ1) is 18.2. The van der Waals surface area contributed by atoms with Crippen molar-refractivity contribution in [1.29, 1.82) is 0 Å². The average Bonchev–Trinajstić information content (AvgIpc) is 3.31. The molecule has 1 saturated heterocycles. The maximum atomic E-state index is 13.8. The fourth-order valence-corrected chi connectivity index (χ4v) is 6.14. The van der Waals surface area contributed by atoms with Crippen molar-refractivity contribution >= 4 is 58.4 Å². The van der Waals surface area contributed by atoms with Crippen molar-refractivity contribution in [3.63, 3.8) is 0 Å². The minimum Gasteiger partial charge on any atom is -0.318 e. The largest absolute Gasteiger partial charge is 0.326 e. The number of aldehydes is 2. The summed E-state index contributed by atoms with van der Waals surface area (Å²) in [5.41, 5.74) is 1.34. The SMILES string of the molecule is C[C@@H](C=O)N(C)C(=O)N(CC1CCS(=O)CC1)c1nc(-c2ccccc2Cl)n(-c2ccc(Cl)cc2)c1C=O. The predicted octanol–water partition coefficient (Wildman–Crippen LogP) is 5.26. The number of aromatic nitrogens is 2. The number of hydrogen-bond acceptors (Lipinski definition) is 5. The van der Waals surface area contributed by atoms with Gasteiger partial charge >= 0.3 is 6.03 Å². The summed E-state index contributed by atoms with van der Waals surface area (Å²) in [5.74, 6) is 1.70. The van der Waals surface area contributed by atoms with Crippen LogP contribution in [-0.2, 0) is 15.6 Å². The number of urea groups is 1. The van der Waals surface area contributed by atoms with Crippen LogP contribution >= 0.6 is 23.2 Å². The van der Waals surface area contributed by atoms with Crippen LogP contribution in [0.4, 0.5) is 10.6 Å². The van der Waals surface area contributed by atoms with E-state index < -0.39 is 22.9 Å².